The highest BCUT2D eigenvalue weighted by Crippen LogP contribution is 2.31. The van der Waals surface area contributed by atoms with Crippen LogP contribution in [-0.4, -0.2) is 43.0 Å². The number of amides is 2. The Balaban J connectivity index is 1.57. The van der Waals surface area contributed by atoms with E-state index in [1.807, 2.05) is 43.0 Å². The SMILES string of the molecule is COc1ccc(CC(=O)N[C@@H](C(=O)N2CCC(c3ccc(F)c(Cl)c3)CC2)C(C)C)cc1. The predicted octanol–water partition coefficient (Wildman–Crippen LogP) is 4.58. The molecular weight excluding hydrogens is 431 g/mol. The Morgan fingerprint density at radius 1 is 1.16 bits per heavy atom. The lowest BCUT2D eigenvalue weighted by molar-refractivity contribution is -0.138. The standard InChI is InChI=1S/C25H30ClFN2O3/c1-16(2)24(28-23(30)14-17-4-7-20(32-3)8-5-17)25(31)29-12-10-18(11-13-29)19-6-9-22(27)21(26)15-19/h4-9,15-16,18,24H,10-14H2,1-3H3,(H,28,30)/t24-/m1/s1. The summed E-state index contributed by atoms with van der Waals surface area (Å²) in [6.07, 6.45) is 1.75. The van der Waals surface area contributed by atoms with E-state index in [4.69, 9.17) is 16.3 Å². The Kier molecular flexibility index (Phi) is 8.13. The first-order valence-electron chi connectivity index (χ1n) is 10.9. The summed E-state index contributed by atoms with van der Waals surface area (Å²) in [5.41, 5.74) is 1.86. The molecule has 5 nitrogen and oxygen atoms in total. The molecule has 0 saturated carbocycles. The van der Waals surface area contributed by atoms with Crippen LogP contribution in [0.4, 0.5) is 4.39 Å². The minimum absolute atomic E-state index is 0.0315. The average molecular weight is 461 g/mol. The molecule has 1 N–H and O–H groups in total. The second-order valence-electron chi connectivity index (χ2n) is 8.59. The van der Waals surface area contributed by atoms with Crippen LogP contribution in [0.2, 0.25) is 5.02 Å². The van der Waals surface area contributed by atoms with E-state index in [1.165, 1.54) is 6.07 Å². The van der Waals surface area contributed by atoms with Gasteiger partial charge in [0.2, 0.25) is 11.8 Å². The molecule has 2 amide bonds. The van der Waals surface area contributed by atoms with Gasteiger partial charge in [0.05, 0.1) is 18.6 Å². The van der Waals surface area contributed by atoms with Crippen LogP contribution in [0.1, 0.15) is 43.7 Å². The lowest BCUT2D eigenvalue weighted by Crippen LogP contribution is -2.53. The van der Waals surface area contributed by atoms with Crippen LogP contribution in [0.25, 0.3) is 0 Å². The van der Waals surface area contributed by atoms with Crippen LogP contribution >= 0.6 is 11.6 Å². The minimum atomic E-state index is -0.572. The van der Waals surface area contributed by atoms with Gasteiger partial charge in [-0.05, 0) is 60.1 Å². The molecule has 1 saturated heterocycles. The Morgan fingerprint density at radius 3 is 2.38 bits per heavy atom. The quantitative estimate of drug-likeness (QED) is 0.658. The van der Waals surface area contributed by atoms with Gasteiger partial charge < -0.3 is 15.0 Å². The van der Waals surface area contributed by atoms with Crippen molar-refractivity contribution in [1.82, 2.24) is 10.2 Å². The molecule has 2 aromatic carbocycles. The zero-order valence-corrected chi connectivity index (χ0v) is 19.5. The van der Waals surface area contributed by atoms with Crippen LogP contribution in [0.15, 0.2) is 42.5 Å². The van der Waals surface area contributed by atoms with E-state index in [9.17, 15) is 14.0 Å². The fourth-order valence-corrected chi connectivity index (χ4v) is 4.25. The monoisotopic (exact) mass is 460 g/mol. The molecule has 7 heteroatoms. The highest BCUT2D eigenvalue weighted by Gasteiger charge is 2.31. The van der Waals surface area contributed by atoms with Gasteiger partial charge in [-0.1, -0.05) is 43.6 Å². The summed E-state index contributed by atoms with van der Waals surface area (Å²) >= 11 is 5.92. The maximum Gasteiger partial charge on any atom is 0.245 e. The van der Waals surface area contributed by atoms with E-state index in [0.29, 0.717) is 13.1 Å². The number of hydrogen-bond acceptors (Lipinski definition) is 3. The van der Waals surface area contributed by atoms with Crippen molar-refractivity contribution in [2.24, 2.45) is 5.92 Å². The number of piperidine rings is 1. The maximum absolute atomic E-state index is 13.4. The Labute approximate surface area is 193 Å². The number of rotatable bonds is 7. The summed E-state index contributed by atoms with van der Waals surface area (Å²) < 4.78 is 18.6. The number of carbonyl (C=O) groups excluding carboxylic acids is 2. The lowest BCUT2D eigenvalue weighted by Gasteiger charge is -2.35. The smallest absolute Gasteiger partial charge is 0.245 e. The van der Waals surface area contributed by atoms with Crippen molar-refractivity contribution in [3.05, 3.63) is 64.4 Å². The molecular formula is C25H30ClFN2O3. The summed E-state index contributed by atoms with van der Waals surface area (Å²) in [5, 5.41) is 3.05. The zero-order valence-electron chi connectivity index (χ0n) is 18.7. The summed E-state index contributed by atoms with van der Waals surface area (Å²) in [6, 6.07) is 11.6. The van der Waals surface area contributed by atoms with Gasteiger partial charge in [-0.25, -0.2) is 4.39 Å². The summed E-state index contributed by atoms with van der Waals surface area (Å²) in [6.45, 7) is 5.05. The third-order valence-corrected chi connectivity index (χ3v) is 6.28. The molecule has 1 aliphatic heterocycles. The third-order valence-electron chi connectivity index (χ3n) is 5.99. The maximum atomic E-state index is 13.4. The number of hydrogen-bond donors (Lipinski definition) is 1. The van der Waals surface area contributed by atoms with Gasteiger partial charge in [-0.15, -0.1) is 0 Å². The van der Waals surface area contributed by atoms with Crippen molar-refractivity contribution in [2.45, 2.75) is 45.1 Å². The summed E-state index contributed by atoms with van der Waals surface area (Å²) in [5.74, 6) is 0.274. The first-order chi connectivity index (χ1) is 15.3. The summed E-state index contributed by atoms with van der Waals surface area (Å²) in [4.78, 5) is 27.6. The van der Waals surface area contributed by atoms with Crippen molar-refractivity contribution in [3.63, 3.8) is 0 Å². The molecule has 2 aromatic rings. The third kappa shape index (κ3) is 6.00. The van der Waals surface area contributed by atoms with E-state index in [0.717, 1.165) is 29.7 Å². The molecule has 0 aromatic heterocycles. The average Bonchev–Trinajstić information content (AvgIpc) is 2.79. The van der Waals surface area contributed by atoms with Gasteiger partial charge in [-0.2, -0.15) is 0 Å². The van der Waals surface area contributed by atoms with Crippen molar-refractivity contribution >= 4 is 23.4 Å². The van der Waals surface area contributed by atoms with Gasteiger partial charge in [0.25, 0.3) is 0 Å². The predicted molar refractivity (Wildman–Crippen MR) is 123 cm³/mol. The Bertz CT molecular complexity index is 941. The normalized spacial score (nSPS) is 15.5. The van der Waals surface area contributed by atoms with Crippen LogP contribution in [0.3, 0.4) is 0 Å². The van der Waals surface area contributed by atoms with Crippen molar-refractivity contribution < 1.29 is 18.7 Å². The first kappa shape index (κ1) is 24.1. The fourth-order valence-electron chi connectivity index (χ4n) is 4.06. The molecule has 0 spiro atoms. The fraction of sp³-hybridized carbons (Fsp3) is 0.440. The molecule has 0 aliphatic carbocycles. The number of halogens is 2. The molecule has 1 atom stereocenters. The van der Waals surface area contributed by atoms with Crippen molar-refractivity contribution in [1.29, 1.82) is 0 Å². The van der Waals surface area contributed by atoms with E-state index in [-0.39, 0.29) is 35.1 Å². The van der Waals surface area contributed by atoms with E-state index >= 15 is 0 Å². The van der Waals surface area contributed by atoms with Crippen molar-refractivity contribution in [2.75, 3.05) is 20.2 Å². The molecule has 1 heterocycles. The first-order valence-corrected chi connectivity index (χ1v) is 11.3. The van der Waals surface area contributed by atoms with E-state index in [1.54, 1.807) is 19.2 Å². The van der Waals surface area contributed by atoms with E-state index in [2.05, 4.69) is 5.32 Å². The van der Waals surface area contributed by atoms with Crippen LogP contribution in [0, 0.1) is 11.7 Å². The van der Waals surface area contributed by atoms with Crippen LogP contribution in [-0.2, 0) is 16.0 Å². The molecule has 1 fully saturated rings. The lowest BCUT2D eigenvalue weighted by atomic mass is 9.89. The molecule has 0 bridgehead atoms. The highest BCUT2D eigenvalue weighted by atomic mass is 35.5. The van der Waals surface area contributed by atoms with Gasteiger partial charge in [-0.3, -0.25) is 9.59 Å². The van der Waals surface area contributed by atoms with Gasteiger partial charge in [0.15, 0.2) is 0 Å². The minimum Gasteiger partial charge on any atom is -0.497 e. The number of nitrogens with zero attached hydrogens (tertiary/aromatic N) is 1. The number of methoxy groups -OCH3 is 1. The van der Waals surface area contributed by atoms with Gasteiger partial charge >= 0.3 is 0 Å². The Morgan fingerprint density at radius 2 is 1.81 bits per heavy atom. The Hall–Kier alpha value is -2.60. The number of nitrogens with one attached hydrogen (secondary N) is 1. The largest absolute Gasteiger partial charge is 0.497 e. The van der Waals surface area contributed by atoms with Crippen molar-refractivity contribution in [3.8, 4) is 5.75 Å². The molecule has 1 aliphatic rings. The molecule has 0 unspecified atom stereocenters. The van der Waals surface area contributed by atoms with Gasteiger partial charge in [0, 0.05) is 13.1 Å². The van der Waals surface area contributed by atoms with Crippen LogP contribution in [0.5, 0.6) is 5.75 Å². The molecule has 0 radical (unpaired) electrons. The number of benzene rings is 2. The van der Waals surface area contributed by atoms with Gasteiger partial charge in [0.1, 0.15) is 17.6 Å². The van der Waals surface area contributed by atoms with Crippen LogP contribution < -0.4 is 10.1 Å². The van der Waals surface area contributed by atoms with E-state index < -0.39 is 11.9 Å². The summed E-state index contributed by atoms with van der Waals surface area (Å²) in [7, 11) is 1.60. The number of carbonyl (C=O) groups is 2. The zero-order chi connectivity index (χ0) is 23.3. The second kappa shape index (κ2) is 10.8. The topological polar surface area (TPSA) is 58.6 Å². The highest BCUT2D eigenvalue weighted by molar-refractivity contribution is 6.30. The second-order valence-corrected chi connectivity index (χ2v) is 8.99. The molecule has 3 rings (SSSR count). The molecule has 172 valence electrons. The number of ether oxygens (including phenoxy) is 1. The number of likely N-dealkylation sites (tertiary alicyclic amines) is 1. The molecule has 32 heavy (non-hydrogen) atoms.